The summed E-state index contributed by atoms with van der Waals surface area (Å²) in [5.74, 6) is 1.41. The van der Waals surface area contributed by atoms with Gasteiger partial charge >= 0.3 is 0 Å². The SMILES string of the molecule is N#Cc1cccc(-c2cccc(Oc3ccc(CCNC[C@@H](O)c4ccc(O)c5[nH]c(=O)ccc45)cc3)c2)c1. The summed E-state index contributed by atoms with van der Waals surface area (Å²) in [5.41, 5.74) is 4.32. The quantitative estimate of drug-likeness (QED) is 0.194. The number of aromatic hydroxyl groups is 1. The number of nitrogens with zero attached hydrogens (tertiary/aromatic N) is 1. The first-order chi connectivity index (χ1) is 19.0. The summed E-state index contributed by atoms with van der Waals surface area (Å²) in [6.45, 7) is 0.988. The van der Waals surface area contributed by atoms with Crippen molar-refractivity contribution in [3.63, 3.8) is 0 Å². The Morgan fingerprint density at radius 2 is 1.67 bits per heavy atom. The number of hydrogen-bond acceptors (Lipinski definition) is 6. The molecule has 7 heteroatoms. The third kappa shape index (κ3) is 6.16. The Hall–Kier alpha value is -4.90. The summed E-state index contributed by atoms with van der Waals surface area (Å²) in [6, 6.07) is 31.4. The number of nitriles is 1. The van der Waals surface area contributed by atoms with Crippen molar-refractivity contribution in [1.82, 2.24) is 10.3 Å². The molecule has 39 heavy (non-hydrogen) atoms. The molecule has 5 rings (SSSR count). The minimum atomic E-state index is -0.798. The molecule has 1 aromatic heterocycles. The molecule has 0 aliphatic heterocycles. The molecule has 7 nitrogen and oxygen atoms in total. The number of phenols is 1. The van der Waals surface area contributed by atoms with Crippen LogP contribution in [-0.2, 0) is 6.42 Å². The summed E-state index contributed by atoms with van der Waals surface area (Å²) in [7, 11) is 0. The van der Waals surface area contributed by atoms with Crippen LogP contribution in [0.3, 0.4) is 0 Å². The Morgan fingerprint density at radius 3 is 2.46 bits per heavy atom. The molecule has 0 aliphatic rings. The standard InChI is InChI=1S/C32H27N3O4/c33-19-22-3-1-4-23(17-22)24-5-2-6-26(18-24)39-25-9-7-21(8-10-25)15-16-34-20-30(37)27-11-13-29(36)32-28(27)12-14-31(38)35-32/h1-14,17-18,30,34,36-37H,15-16,20H2,(H,35,38)/t30-/m1/s1. The van der Waals surface area contributed by atoms with Crippen LogP contribution in [0.15, 0.2) is 102 Å². The molecule has 0 aliphatic carbocycles. The molecule has 5 aromatic rings. The second-order valence-corrected chi connectivity index (χ2v) is 9.22. The zero-order chi connectivity index (χ0) is 27.2. The summed E-state index contributed by atoms with van der Waals surface area (Å²) in [5, 5.41) is 33.8. The first-order valence-electron chi connectivity index (χ1n) is 12.6. The number of pyridine rings is 1. The van der Waals surface area contributed by atoms with Crippen LogP contribution in [0.2, 0.25) is 0 Å². The van der Waals surface area contributed by atoms with E-state index in [9.17, 15) is 15.0 Å². The van der Waals surface area contributed by atoms with E-state index in [1.165, 1.54) is 12.1 Å². The topological polar surface area (TPSA) is 118 Å². The fourth-order valence-electron chi connectivity index (χ4n) is 4.50. The number of aliphatic hydroxyl groups is 1. The molecule has 0 spiro atoms. The number of ether oxygens (including phenoxy) is 1. The fraction of sp³-hybridized carbons (Fsp3) is 0.125. The Kier molecular flexibility index (Phi) is 7.69. The first kappa shape index (κ1) is 25.7. The zero-order valence-corrected chi connectivity index (χ0v) is 21.1. The highest BCUT2D eigenvalue weighted by atomic mass is 16.5. The zero-order valence-electron chi connectivity index (χ0n) is 21.1. The molecule has 0 fully saturated rings. The van der Waals surface area contributed by atoms with Crippen LogP contribution in [0.25, 0.3) is 22.0 Å². The summed E-state index contributed by atoms with van der Waals surface area (Å²) in [6.07, 6.45) is -0.0330. The van der Waals surface area contributed by atoms with Crippen molar-refractivity contribution < 1.29 is 14.9 Å². The number of fused-ring (bicyclic) bond motifs is 1. The third-order valence-electron chi connectivity index (χ3n) is 6.51. The lowest BCUT2D eigenvalue weighted by atomic mass is 10.0. The lowest BCUT2D eigenvalue weighted by Gasteiger charge is -2.15. The number of H-pyrrole nitrogens is 1. The van der Waals surface area contributed by atoms with Gasteiger partial charge in [-0.1, -0.05) is 42.5 Å². The van der Waals surface area contributed by atoms with Gasteiger partial charge in [0.05, 0.1) is 23.3 Å². The van der Waals surface area contributed by atoms with Gasteiger partial charge in [0.15, 0.2) is 0 Å². The molecule has 1 atom stereocenters. The number of nitrogens with one attached hydrogen (secondary N) is 2. The van der Waals surface area contributed by atoms with Crippen molar-refractivity contribution >= 4 is 10.9 Å². The molecular weight excluding hydrogens is 490 g/mol. The van der Waals surface area contributed by atoms with Gasteiger partial charge < -0.3 is 25.3 Å². The Bertz CT molecular complexity index is 1700. The minimum absolute atomic E-state index is 0.0304. The van der Waals surface area contributed by atoms with E-state index in [1.54, 1.807) is 18.2 Å². The number of aliphatic hydroxyl groups excluding tert-OH is 1. The van der Waals surface area contributed by atoms with E-state index in [4.69, 9.17) is 10.00 Å². The van der Waals surface area contributed by atoms with Crippen LogP contribution in [0, 0.1) is 11.3 Å². The van der Waals surface area contributed by atoms with Crippen molar-refractivity contribution in [2.75, 3.05) is 13.1 Å². The van der Waals surface area contributed by atoms with Gasteiger partial charge in [0.25, 0.3) is 0 Å². The van der Waals surface area contributed by atoms with Crippen molar-refractivity contribution in [3.8, 4) is 34.4 Å². The van der Waals surface area contributed by atoms with E-state index in [-0.39, 0.29) is 11.3 Å². The van der Waals surface area contributed by atoms with Crippen LogP contribution in [0.1, 0.15) is 22.8 Å². The highest BCUT2D eigenvalue weighted by Gasteiger charge is 2.13. The van der Waals surface area contributed by atoms with Crippen LogP contribution >= 0.6 is 0 Å². The predicted molar refractivity (Wildman–Crippen MR) is 151 cm³/mol. The van der Waals surface area contributed by atoms with Crippen molar-refractivity contribution in [3.05, 3.63) is 124 Å². The molecule has 4 aromatic carbocycles. The molecule has 0 unspecified atom stereocenters. The summed E-state index contributed by atoms with van der Waals surface area (Å²) in [4.78, 5) is 14.2. The van der Waals surface area contributed by atoms with Gasteiger partial charge in [0, 0.05) is 18.0 Å². The molecule has 0 radical (unpaired) electrons. The average molecular weight is 518 g/mol. The lowest BCUT2D eigenvalue weighted by molar-refractivity contribution is 0.176. The first-order valence-corrected chi connectivity index (χ1v) is 12.6. The summed E-state index contributed by atoms with van der Waals surface area (Å²) < 4.78 is 6.06. The molecule has 0 amide bonds. The predicted octanol–water partition coefficient (Wildman–Crippen LogP) is 5.43. The van der Waals surface area contributed by atoms with Crippen LogP contribution in [-0.4, -0.2) is 28.3 Å². The molecule has 0 saturated carbocycles. The Labute approximate surface area is 225 Å². The van der Waals surface area contributed by atoms with Gasteiger partial charge in [-0.2, -0.15) is 5.26 Å². The highest BCUT2D eigenvalue weighted by Crippen LogP contribution is 2.29. The van der Waals surface area contributed by atoms with E-state index in [0.29, 0.717) is 40.9 Å². The fourth-order valence-corrected chi connectivity index (χ4v) is 4.50. The van der Waals surface area contributed by atoms with E-state index in [0.717, 1.165) is 28.9 Å². The van der Waals surface area contributed by atoms with Crippen LogP contribution < -0.4 is 15.6 Å². The minimum Gasteiger partial charge on any atom is -0.506 e. The van der Waals surface area contributed by atoms with Gasteiger partial charge in [0.1, 0.15) is 17.2 Å². The Morgan fingerprint density at radius 1 is 0.897 bits per heavy atom. The van der Waals surface area contributed by atoms with Gasteiger partial charge in [-0.25, -0.2) is 0 Å². The number of rotatable bonds is 9. The largest absolute Gasteiger partial charge is 0.506 e. The smallest absolute Gasteiger partial charge is 0.248 e. The van der Waals surface area contributed by atoms with Crippen molar-refractivity contribution in [2.45, 2.75) is 12.5 Å². The van der Waals surface area contributed by atoms with E-state index in [1.807, 2.05) is 66.7 Å². The summed E-state index contributed by atoms with van der Waals surface area (Å²) >= 11 is 0. The van der Waals surface area contributed by atoms with E-state index < -0.39 is 6.10 Å². The van der Waals surface area contributed by atoms with Crippen LogP contribution in [0.5, 0.6) is 17.2 Å². The van der Waals surface area contributed by atoms with Gasteiger partial charge in [-0.05, 0) is 83.8 Å². The van der Waals surface area contributed by atoms with E-state index in [2.05, 4.69) is 16.4 Å². The normalized spacial score (nSPS) is 11.7. The van der Waals surface area contributed by atoms with Gasteiger partial charge in [-0.15, -0.1) is 0 Å². The van der Waals surface area contributed by atoms with Gasteiger partial charge in [0.2, 0.25) is 5.56 Å². The van der Waals surface area contributed by atoms with Crippen molar-refractivity contribution in [2.24, 2.45) is 0 Å². The molecule has 0 saturated heterocycles. The number of phenolic OH excluding ortho intramolecular Hbond substituents is 1. The number of aromatic amines is 1. The van der Waals surface area contributed by atoms with Crippen molar-refractivity contribution in [1.29, 1.82) is 5.26 Å². The lowest BCUT2D eigenvalue weighted by Crippen LogP contribution is -2.24. The second kappa shape index (κ2) is 11.7. The third-order valence-corrected chi connectivity index (χ3v) is 6.51. The maximum Gasteiger partial charge on any atom is 0.248 e. The molecule has 0 bridgehead atoms. The number of hydrogen-bond donors (Lipinski definition) is 4. The van der Waals surface area contributed by atoms with Crippen LogP contribution in [0.4, 0.5) is 0 Å². The average Bonchev–Trinajstić information content (AvgIpc) is 2.96. The van der Waals surface area contributed by atoms with E-state index >= 15 is 0 Å². The monoisotopic (exact) mass is 517 g/mol. The highest BCUT2D eigenvalue weighted by molar-refractivity contribution is 5.87. The number of aromatic nitrogens is 1. The maximum absolute atomic E-state index is 11.6. The molecule has 4 N–H and O–H groups in total. The maximum atomic E-state index is 11.6. The molecule has 1 heterocycles. The second-order valence-electron chi connectivity index (χ2n) is 9.22. The molecule has 194 valence electrons. The van der Waals surface area contributed by atoms with Gasteiger partial charge in [-0.3, -0.25) is 4.79 Å². The molecular formula is C32H27N3O4. The number of benzene rings is 4. The Balaban J connectivity index is 1.15.